The van der Waals surface area contributed by atoms with Crippen molar-refractivity contribution in [2.45, 2.75) is 13.5 Å². The zero-order chi connectivity index (χ0) is 14.1. The van der Waals surface area contributed by atoms with Crippen LogP contribution in [0.3, 0.4) is 0 Å². The van der Waals surface area contributed by atoms with Crippen LogP contribution in [0.4, 0.5) is 5.69 Å². The molecule has 0 atom stereocenters. The smallest absolute Gasteiger partial charge is 0.424 e. The zero-order valence-corrected chi connectivity index (χ0v) is 10.7. The lowest BCUT2D eigenvalue weighted by atomic mass is 9.80. The Bertz CT molecular complexity index is 714. The molecule has 0 radical (unpaired) electrons. The minimum absolute atomic E-state index is 0.189. The van der Waals surface area contributed by atoms with Gasteiger partial charge < -0.3 is 14.4 Å². The molecule has 1 aliphatic rings. The highest BCUT2D eigenvalue weighted by Crippen LogP contribution is 2.23. The Labute approximate surface area is 116 Å². The van der Waals surface area contributed by atoms with Crippen LogP contribution < -0.4 is 10.2 Å². The summed E-state index contributed by atoms with van der Waals surface area (Å²) in [6.45, 7) is 9.03. The van der Waals surface area contributed by atoms with Crippen molar-refractivity contribution in [3.8, 4) is 11.8 Å². The first-order chi connectivity index (χ1) is 9.67. The van der Waals surface area contributed by atoms with Crippen LogP contribution in [-0.4, -0.2) is 22.1 Å². The molecule has 0 saturated heterocycles. The van der Waals surface area contributed by atoms with Crippen molar-refractivity contribution in [3.05, 3.63) is 47.1 Å². The van der Waals surface area contributed by atoms with Crippen LogP contribution in [0, 0.1) is 13.5 Å². The third-order valence-corrected chi connectivity index (χ3v) is 3.04. The van der Waals surface area contributed by atoms with Gasteiger partial charge in [-0.3, -0.25) is 0 Å². The van der Waals surface area contributed by atoms with Crippen LogP contribution in [0.2, 0.25) is 0 Å². The SMILES string of the molecule is [C-]#[N+]c1cnc(Oc2ccc3c(c2)COB3O)nc1C. The van der Waals surface area contributed by atoms with Gasteiger partial charge in [0, 0.05) is 6.20 Å². The fourth-order valence-electron chi connectivity index (χ4n) is 1.97. The van der Waals surface area contributed by atoms with Gasteiger partial charge in [0.05, 0.1) is 18.9 Å². The molecule has 2 heterocycles. The molecule has 0 unspecified atom stereocenters. The summed E-state index contributed by atoms with van der Waals surface area (Å²) in [4.78, 5) is 11.4. The average Bonchev–Trinajstić information content (AvgIpc) is 2.80. The second-order valence-electron chi connectivity index (χ2n) is 4.36. The van der Waals surface area contributed by atoms with Crippen molar-refractivity contribution in [2.75, 3.05) is 0 Å². The highest BCUT2D eigenvalue weighted by Gasteiger charge is 2.27. The molecule has 98 valence electrons. The summed E-state index contributed by atoms with van der Waals surface area (Å²) in [5, 5.41) is 9.54. The van der Waals surface area contributed by atoms with Crippen LogP contribution in [0.5, 0.6) is 11.8 Å². The molecular formula is C13H10BN3O3. The number of fused-ring (bicyclic) bond motifs is 1. The Morgan fingerprint density at radius 3 is 3.10 bits per heavy atom. The number of ether oxygens (including phenoxy) is 1. The third-order valence-electron chi connectivity index (χ3n) is 3.04. The summed E-state index contributed by atoms with van der Waals surface area (Å²) >= 11 is 0. The molecule has 0 saturated carbocycles. The molecule has 0 bridgehead atoms. The first kappa shape index (κ1) is 12.6. The van der Waals surface area contributed by atoms with E-state index in [1.54, 1.807) is 25.1 Å². The van der Waals surface area contributed by atoms with Crippen molar-refractivity contribution in [1.82, 2.24) is 9.97 Å². The van der Waals surface area contributed by atoms with E-state index in [1.165, 1.54) is 6.20 Å². The van der Waals surface area contributed by atoms with Crippen molar-refractivity contribution in [1.29, 1.82) is 0 Å². The molecule has 1 aliphatic heterocycles. The Morgan fingerprint density at radius 2 is 2.35 bits per heavy atom. The number of nitrogens with zero attached hydrogens (tertiary/aromatic N) is 3. The summed E-state index contributed by atoms with van der Waals surface area (Å²) in [5.41, 5.74) is 2.61. The number of aryl methyl sites for hydroxylation is 1. The molecule has 20 heavy (non-hydrogen) atoms. The van der Waals surface area contributed by atoms with Crippen LogP contribution in [0.15, 0.2) is 24.4 Å². The molecule has 0 spiro atoms. The lowest BCUT2D eigenvalue weighted by Gasteiger charge is -2.06. The minimum atomic E-state index is -0.865. The van der Waals surface area contributed by atoms with Gasteiger partial charge in [-0.15, -0.1) is 0 Å². The molecular weight excluding hydrogens is 257 g/mol. The fourth-order valence-corrected chi connectivity index (χ4v) is 1.97. The van der Waals surface area contributed by atoms with E-state index in [0.717, 1.165) is 11.0 Å². The number of aromatic nitrogens is 2. The van der Waals surface area contributed by atoms with Crippen LogP contribution in [-0.2, 0) is 11.3 Å². The number of hydrogen-bond acceptors (Lipinski definition) is 5. The van der Waals surface area contributed by atoms with Gasteiger partial charge in [-0.25, -0.2) is 14.8 Å². The molecule has 1 aromatic carbocycles. The predicted molar refractivity (Wildman–Crippen MR) is 71.9 cm³/mol. The molecule has 1 aromatic heterocycles. The van der Waals surface area contributed by atoms with Gasteiger partial charge in [0.2, 0.25) is 5.69 Å². The van der Waals surface area contributed by atoms with Gasteiger partial charge in [-0.1, -0.05) is 6.07 Å². The third kappa shape index (κ3) is 2.22. The van der Waals surface area contributed by atoms with Gasteiger partial charge >= 0.3 is 13.1 Å². The van der Waals surface area contributed by atoms with Crippen molar-refractivity contribution < 1.29 is 14.4 Å². The molecule has 3 rings (SSSR count). The monoisotopic (exact) mass is 267 g/mol. The van der Waals surface area contributed by atoms with Gasteiger partial charge in [0.1, 0.15) is 5.75 Å². The van der Waals surface area contributed by atoms with E-state index in [0.29, 0.717) is 23.7 Å². The summed E-state index contributed by atoms with van der Waals surface area (Å²) < 4.78 is 10.7. The van der Waals surface area contributed by atoms with Gasteiger partial charge in [0.25, 0.3) is 0 Å². The Balaban J connectivity index is 1.85. The normalized spacial score (nSPS) is 12.9. The maximum absolute atomic E-state index is 9.54. The van der Waals surface area contributed by atoms with E-state index in [2.05, 4.69) is 14.8 Å². The topological polar surface area (TPSA) is 68.8 Å². The van der Waals surface area contributed by atoms with E-state index in [4.69, 9.17) is 16.0 Å². The molecule has 0 amide bonds. The van der Waals surface area contributed by atoms with E-state index in [9.17, 15) is 5.02 Å². The second kappa shape index (κ2) is 4.92. The molecule has 0 aliphatic carbocycles. The first-order valence-electron chi connectivity index (χ1n) is 5.99. The summed E-state index contributed by atoms with van der Waals surface area (Å²) in [5.74, 6) is 0.566. The average molecular weight is 267 g/mol. The Morgan fingerprint density at radius 1 is 1.50 bits per heavy atom. The van der Waals surface area contributed by atoms with Crippen LogP contribution in [0.25, 0.3) is 4.85 Å². The van der Waals surface area contributed by atoms with Crippen LogP contribution in [0.1, 0.15) is 11.3 Å². The highest BCUT2D eigenvalue weighted by molar-refractivity contribution is 6.61. The molecule has 7 heteroatoms. The van der Waals surface area contributed by atoms with Crippen molar-refractivity contribution in [2.24, 2.45) is 0 Å². The summed E-state index contributed by atoms with van der Waals surface area (Å²) in [7, 11) is -0.865. The molecule has 0 fully saturated rings. The highest BCUT2D eigenvalue weighted by atomic mass is 16.5. The molecule has 6 nitrogen and oxygen atoms in total. The van der Waals surface area contributed by atoms with Gasteiger partial charge in [-0.2, -0.15) is 0 Å². The fraction of sp³-hybridized carbons (Fsp3) is 0.154. The van der Waals surface area contributed by atoms with E-state index >= 15 is 0 Å². The summed E-state index contributed by atoms with van der Waals surface area (Å²) in [6, 6.07) is 5.45. The lowest BCUT2D eigenvalue weighted by molar-refractivity contribution is 0.275. The number of hydrogen-bond donors (Lipinski definition) is 1. The lowest BCUT2D eigenvalue weighted by Crippen LogP contribution is -2.27. The van der Waals surface area contributed by atoms with E-state index in [-0.39, 0.29) is 6.01 Å². The maximum atomic E-state index is 9.54. The van der Waals surface area contributed by atoms with Crippen LogP contribution >= 0.6 is 0 Å². The van der Waals surface area contributed by atoms with E-state index in [1.807, 2.05) is 0 Å². The number of benzene rings is 1. The molecule has 1 N–H and O–H groups in total. The largest absolute Gasteiger partial charge is 0.491 e. The summed E-state index contributed by atoms with van der Waals surface area (Å²) in [6.07, 6.45) is 1.44. The Hall–Kier alpha value is -2.43. The van der Waals surface area contributed by atoms with E-state index < -0.39 is 7.12 Å². The second-order valence-corrected chi connectivity index (χ2v) is 4.36. The predicted octanol–water partition coefficient (Wildman–Crippen LogP) is 1.35. The zero-order valence-electron chi connectivity index (χ0n) is 10.7. The molecule has 2 aromatic rings. The minimum Gasteiger partial charge on any atom is -0.424 e. The first-order valence-corrected chi connectivity index (χ1v) is 5.99. The Kier molecular flexibility index (Phi) is 3.10. The van der Waals surface area contributed by atoms with Gasteiger partial charge in [0.15, 0.2) is 0 Å². The van der Waals surface area contributed by atoms with Crippen molar-refractivity contribution in [3.63, 3.8) is 0 Å². The maximum Gasteiger partial charge on any atom is 0.491 e. The quantitative estimate of drug-likeness (QED) is 0.657. The van der Waals surface area contributed by atoms with Gasteiger partial charge in [-0.05, 0) is 30.1 Å². The standard InChI is InChI=1S/C13H10BN3O3/c1-8-12(15-2)6-16-13(17-8)20-10-3-4-11-9(5-10)7-19-14(11)18/h3-6,18H,7H2,1H3. The number of rotatable bonds is 2. The van der Waals surface area contributed by atoms with Crippen molar-refractivity contribution >= 4 is 18.3 Å².